The summed E-state index contributed by atoms with van der Waals surface area (Å²) in [5.41, 5.74) is -0.200. The molecule has 4 rings (SSSR count). The molecule has 156 valence electrons. The van der Waals surface area contributed by atoms with Crippen LogP contribution in [0.4, 0.5) is 17.6 Å². The number of fused-ring (bicyclic) bond motifs is 1. The van der Waals surface area contributed by atoms with Gasteiger partial charge in [0.05, 0.1) is 22.9 Å². The number of nitrogens with zero attached hydrogens (tertiary/aromatic N) is 6. The highest BCUT2D eigenvalue weighted by Gasteiger charge is 2.38. The summed E-state index contributed by atoms with van der Waals surface area (Å²) in [6.07, 6.45) is -2.99. The Kier molecular flexibility index (Phi) is 4.75. The lowest BCUT2D eigenvalue weighted by Gasteiger charge is -2.32. The van der Waals surface area contributed by atoms with Crippen LogP contribution in [0.2, 0.25) is 0 Å². The van der Waals surface area contributed by atoms with Gasteiger partial charge in [0.25, 0.3) is 11.9 Å². The zero-order valence-corrected chi connectivity index (χ0v) is 16.0. The molecule has 7 nitrogen and oxygen atoms in total. The molecule has 0 bridgehead atoms. The first-order chi connectivity index (χ1) is 14.2. The molecule has 0 spiro atoms. The second kappa shape index (κ2) is 7.15. The SMILES string of the molecule is Cc1ccnc(-n2nnc3c2CCN(C(=O)c2cccc(C(F)(F)F)c2F)[C@H]3C)n1. The molecule has 0 unspecified atom stereocenters. The molecule has 3 heterocycles. The maximum Gasteiger partial charge on any atom is 0.419 e. The molecule has 1 aliphatic heterocycles. The minimum atomic E-state index is -4.89. The lowest BCUT2D eigenvalue weighted by molar-refractivity contribution is -0.140. The van der Waals surface area contributed by atoms with Gasteiger partial charge in [0.15, 0.2) is 0 Å². The van der Waals surface area contributed by atoms with Crippen LogP contribution in [0.1, 0.15) is 46.0 Å². The molecule has 1 amide bonds. The monoisotopic (exact) mass is 420 g/mol. The predicted molar refractivity (Wildman–Crippen MR) is 96.2 cm³/mol. The fourth-order valence-electron chi connectivity index (χ4n) is 3.49. The maximum atomic E-state index is 14.4. The summed E-state index contributed by atoms with van der Waals surface area (Å²) in [6, 6.07) is 3.79. The first-order valence-electron chi connectivity index (χ1n) is 9.09. The van der Waals surface area contributed by atoms with E-state index >= 15 is 0 Å². The molecule has 0 radical (unpaired) electrons. The standard InChI is InChI=1S/C19H16F4N6O/c1-10-6-8-24-18(25-10)29-14-7-9-28(11(2)16(14)26-27-29)17(30)12-4-3-5-13(15(12)20)19(21,22)23/h3-6,8,11H,7,9H2,1-2H3/t11-/m0/s1. The largest absolute Gasteiger partial charge is 0.419 e. The van der Waals surface area contributed by atoms with Gasteiger partial charge in [-0.25, -0.2) is 14.4 Å². The highest BCUT2D eigenvalue weighted by Crippen LogP contribution is 2.34. The van der Waals surface area contributed by atoms with Gasteiger partial charge in [-0.2, -0.15) is 17.9 Å². The highest BCUT2D eigenvalue weighted by atomic mass is 19.4. The van der Waals surface area contributed by atoms with E-state index in [1.165, 1.54) is 9.58 Å². The number of rotatable bonds is 2. The Balaban J connectivity index is 1.67. The topological polar surface area (TPSA) is 76.8 Å². The van der Waals surface area contributed by atoms with E-state index in [2.05, 4.69) is 20.3 Å². The van der Waals surface area contributed by atoms with Crippen LogP contribution in [0, 0.1) is 12.7 Å². The minimum absolute atomic E-state index is 0.155. The molecule has 1 atom stereocenters. The van der Waals surface area contributed by atoms with Gasteiger partial charge in [0.1, 0.15) is 11.5 Å². The van der Waals surface area contributed by atoms with Crippen LogP contribution in [0.3, 0.4) is 0 Å². The lowest BCUT2D eigenvalue weighted by atomic mass is 10.0. The quantitative estimate of drug-likeness (QED) is 0.595. The molecule has 3 aromatic rings. The van der Waals surface area contributed by atoms with Crippen molar-refractivity contribution in [3.8, 4) is 5.95 Å². The number of carbonyl (C=O) groups excluding carboxylic acids is 1. The first-order valence-corrected chi connectivity index (χ1v) is 9.09. The van der Waals surface area contributed by atoms with Crippen molar-refractivity contribution < 1.29 is 22.4 Å². The smallest absolute Gasteiger partial charge is 0.330 e. The first kappa shape index (κ1) is 19.9. The molecule has 0 fully saturated rings. The Bertz CT molecular complexity index is 1130. The zero-order valence-electron chi connectivity index (χ0n) is 16.0. The Morgan fingerprint density at radius 1 is 1.23 bits per heavy atom. The van der Waals surface area contributed by atoms with Crippen molar-refractivity contribution >= 4 is 5.91 Å². The zero-order chi connectivity index (χ0) is 21.6. The summed E-state index contributed by atoms with van der Waals surface area (Å²) in [5.74, 6) is -2.08. The second-order valence-electron chi connectivity index (χ2n) is 6.92. The van der Waals surface area contributed by atoms with Crippen molar-refractivity contribution in [3.63, 3.8) is 0 Å². The summed E-state index contributed by atoms with van der Waals surface area (Å²) in [6.45, 7) is 3.63. The fourth-order valence-corrected chi connectivity index (χ4v) is 3.49. The van der Waals surface area contributed by atoms with Crippen molar-refractivity contribution in [2.45, 2.75) is 32.5 Å². The van der Waals surface area contributed by atoms with Gasteiger partial charge in [-0.3, -0.25) is 4.79 Å². The normalized spacial score (nSPS) is 16.5. The lowest BCUT2D eigenvalue weighted by Crippen LogP contribution is -2.40. The molecule has 0 saturated heterocycles. The number of hydrogen-bond donors (Lipinski definition) is 0. The van der Waals surface area contributed by atoms with Crippen molar-refractivity contribution in [2.75, 3.05) is 6.54 Å². The van der Waals surface area contributed by atoms with Gasteiger partial charge in [0, 0.05) is 24.9 Å². The number of amides is 1. The molecular weight excluding hydrogens is 404 g/mol. The van der Waals surface area contributed by atoms with Gasteiger partial charge in [-0.15, -0.1) is 5.10 Å². The van der Waals surface area contributed by atoms with E-state index in [1.54, 1.807) is 26.1 Å². The molecular formula is C19H16F4N6O. The Labute approximate surface area is 168 Å². The molecule has 0 N–H and O–H groups in total. The second-order valence-corrected chi connectivity index (χ2v) is 6.92. The fraction of sp³-hybridized carbons (Fsp3) is 0.316. The Hall–Kier alpha value is -3.37. The maximum absolute atomic E-state index is 14.4. The Morgan fingerprint density at radius 2 is 2.00 bits per heavy atom. The van der Waals surface area contributed by atoms with E-state index in [0.29, 0.717) is 29.8 Å². The van der Waals surface area contributed by atoms with Crippen LogP contribution < -0.4 is 0 Å². The molecule has 1 aliphatic rings. The van der Waals surface area contributed by atoms with Crippen LogP contribution >= 0.6 is 0 Å². The van der Waals surface area contributed by atoms with Crippen LogP contribution in [-0.4, -0.2) is 42.3 Å². The summed E-state index contributed by atoms with van der Waals surface area (Å²) in [5, 5.41) is 8.19. The number of carbonyl (C=O) groups is 1. The van der Waals surface area contributed by atoms with Gasteiger partial charge >= 0.3 is 6.18 Å². The summed E-state index contributed by atoms with van der Waals surface area (Å²) in [7, 11) is 0. The molecule has 11 heteroatoms. The number of halogens is 4. The van der Waals surface area contributed by atoms with Crippen molar-refractivity contribution in [2.24, 2.45) is 0 Å². The summed E-state index contributed by atoms with van der Waals surface area (Å²) >= 11 is 0. The van der Waals surface area contributed by atoms with E-state index in [4.69, 9.17) is 0 Å². The average molecular weight is 420 g/mol. The van der Waals surface area contributed by atoms with E-state index in [0.717, 1.165) is 17.8 Å². The van der Waals surface area contributed by atoms with Gasteiger partial charge in [0.2, 0.25) is 0 Å². The molecule has 30 heavy (non-hydrogen) atoms. The molecule has 1 aromatic carbocycles. The molecule has 0 aliphatic carbocycles. The summed E-state index contributed by atoms with van der Waals surface area (Å²) in [4.78, 5) is 22.7. The van der Waals surface area contributed by atoms with Crippen molar-refractivity contribution in [3.05, 3.63) is 64.5 Å². The third-order valence-corrected chi connectivity index (χ3v) is 5.01. The van der Waals surface area contributed by atoms with E-state index < -0.39 is 35.1 Å². The minimum Gasteiger partial charge on any atom is -0.330 e. The third kappa shape index (κ3) is 3.29. The van der Waals surface area contributed by atoms with Gasteiger partial charge in [-0.05, 0) is 32.0 Å². The Morgan fingerprint density at radius 3 is 2.70 bits per heavy atom. The summed E-state index contributed by atoms with van der Waals surface area (Å²) < 4.78 is 54.9. The number of aryl methyl sites for hydroxylation is 1. The van der Waals surface area contributed by atoms with Gasteiger partial charge < -0.3 is 4.90 Å². The molecule has 0 saturated carbocycles. The van der Waals surface area contributed by atoms with E-state index in [-0.39, 0.29) is 6.54 Å². The van der Waals surface area contributed by atoms with Crippen LogP contribution in [0.15, 0.2) is 30.5 Å². The number of hydrogen-bond acceptors (Lipinski definition) is 5. The molecule has 2 aromatic heterocycles. The van der Waals surface area contributed by atoms with Gasteiger partial charge in [-0.1, -0.05) is 11.3 Å². The number of aromatic nitrogens is 5. The number of benzene rings is 1. The average Bonchev–Trinajstić information content (AvgIpc) is 3.12. The van der Waals surface area contributed by atoms with E-state index in [1.807, 2.05) is 0 Å². The van der Waals surface area contributed by atoms with Crippen LogP contribution in [0.25, 0.3) is 5.95 Å². The van der Waals surface area contributed by atoms with Crippen LogP contribution in [0.5, 0.6) is 0 Å². The van der Waals surface area contributed by atoms with Crippen LogP contribution in [-0.2, 0) is 12.6 Å². The third-order valence-electron chi connectivity index (χ3n) is 5.01. The highest BCUT2D eigenvalue weighted by molar-refractivity contribution is 5.95. The number of alkyl halides is 3. The van der Waals surface area contributed by atoms with Crippen molar-refractivity contribution in [1.29, 1.82) is 0 Å². The van der Waals surface area contributed by atoms with Crippen molar-refractivity contribution in [1.82, 2.24) is 29.9 Å². The van der Waals surface area contributed by atoms with E-state index in [9.17, 15) is 22.4 Å². The predicted octanol–water partition coefficient (Wildman–Crippen LogP) is 3.28.